The van der Waals surface area contributed by atoms with E-state index in [-0.39, 0.29) is 5.91 Å². The Morgan fingerprint density at radius 1 is 0.913 bits per heavy atom. The number of hydrogen-bond acceptors (Lipinski definition) is 3. The highest BCUT2D eigenvalue weighted by atomic mass is 16.3. The fourth-order valence-corrected chi connectivity index (χ4v) is 2.39. The summed E-state index contributed by atoms with van der Waals surface area (Å²) in [5.74, 6) is -0.513. The molecule has 0 saturated heterocycles. The van der Waals surface area contributed by atoms with Gasteiger partial charge in [0.25, 0.3) is 0 Å². The zero-order valence-corrected chi connectivity index (χ0v) is 13.0. The number of aryl methyl sites for hydroxylation is 1. The SMILES string of the molecule is O=C(CCCCc1ccccc1)Nc1ccccc1C(=O)CO. The van der Waals surface area contributed by atoms with Gasteiger partial charge in [-0.15, -0.1) is 0 Å². The molecule has 4 heteroatoms. The Balaban J connectivity index is 1.80. The Hall–Kier alpha value is -2.46. The van der Waals surface area contributed by atoms with Gasteiger partial charge in [0.1, 0.15) is 6.61 Å². The third-order valence-electron chi connectivity index (χ3n) is 3.61. The predicted octanol–water partition coefficient (Wildman–Crippen LogP) is 3.21. The highest BCUT2D eigenvalue weighted by Crippen LogP contribution is 2.16. The van der Waals surface area contributed by atoms with E-state index >= 15 is 0 Å². The van der Waals surface area contributed by atoms with Crippen LogP contribution in [0.3, 0.4) is 0 Å². The van der Waals surface area contributed by atoms with Gasteiger partial charge in [0.15, 0.2) is 5.78 Å². The first kappa shape index (κ1) is 16.9. The maximum atomic E-state index is 12.0. The number of aliphatic hydroxyl groups excluding tert-OH is 1. The maximum Gasteiger partial charge on any atom is 0.224 e. The van der Waals surface area contributed by atoms with Gasteiger partial charge in [0.2, 0.25) is 5.91 Å². The number of aliphatic hydroxyl groups is 1. The van der Waals surface area contributed by atoms with Crippen LogP contribution in [-0.2, 0) is 11.2 Å². The molecule has 23 heavy (non-hydrogen) atoms. The van der Waals surface area contributed by atoms with Crippen LogP contribution in [0.4, 0.5) is 5.69 Å². The minimum Gasteiger partial charge on any atom is -0.388 e. The molecule has 2 aromatic carbocycles. The summed E-state index contributed by atoms with van der Waals surface area (Å²) < 4.78 is 0. The van der Waals surface area contributed by atoms with Crippen LogP contribution in [-0.4, -0.2) is 23.4 Å². The van der Waals surface area contributed by atoms with Gasteiger partial charge in [0.05, 0.1) is 5.69 Å². The topological polar surface area (TPSA) is 66.4 Å². The van der Waals surface area contributed by atoms with Crippen LogP contribution in [0.1, 0.15) is 35.2 Å². The van der Waals surface area contributed by atoms with Crippen molar-refractivity contribution in [3.8, 4) is 0 Å². The van der Waals surface area contributed by atoms with Gasteiger partial charge >= 0.3 is 0 Å². The lowest BCUT2D eigenvalue weighted by atomic mass is 10.1. The van der Waals surface area contributed by atoms with Crippen LogP contribution in [0.5, 0.6) is 0 Å². The zero-order chi connectivity index (χ0) is 16.5. The minimum atomic E-state index is -0.566. The third-order valence-corrected chi connectivity index (χ3v) is 3.61. The van der Waals surface area contributed by atoms with Crippen molar-refractivity contribution in [3.63, 3.8) is 0 Å². The number of rotatable bonds is 8. The van der Waals surface area contributed by atoms with Crippen LogP contribution in [0.15, 0.2) is 54.6 Å². The molecular formula is C19H21NO3. The number of hydrogen-bond donors (Lipinski definition) is 2. The van der Waals surface area contributed by atoms with E-state index in [9.17, 15) is 9.59 Å². The van der Waals surface area contributed by atoms with E-state index in [0.717, 1.165) is 19.3 Å². The lowest BCUT2D eigenvalue weighted by Crippen LogP contribution is -2.15. The van der Waals surface area contributed by atoms with Crippen molar-refractivity contribution in [1.82, 2.24) is 0 Å². The number of ketones is 1. The van der Waals surface area contributed by atoms with Crippen molar-refractivity contribution in [3.05, 3.63) is 65.7 Å². The van der Waals surface area contributed by atoms with E-state index in [1.54, 1.807) is 24.3 Å². The summed E-state index contributed by atoms with van der Waals surface area (Å²) in [7, 11) is 0. The molecule has 4 nitrogen and oxygen atoms in total. The van der Waals surface area contributed by atoms with Crippen molar-refractivity contribution in [2.24, 2.45) is 0 Å². The number of amides is 1. The molecule has 1 amide bonds. The average Bonchev–Trinajstić information content (AvgIpc) is 2.59. The number of carbonyl (C=O) groups excluding carboxylic acids is 2. The van der Waals surface area contributed by atoms with Crippen LogP contribution >= 0.6 is 0 Å². The molecular weight excluding hydrogens is 290 g/mol. The van der Waals surface area contributed by atoms with Crippen LogP contribution in [0, 0.1) is 0 Å². The second-order valence-corrected chi connectivity index (χ2v) is 5.37. The molecule has 0 spiro atoms. The van der Waals surface area contributed by atoms with Crippen molar-refractivity contribution in [2.45, 2.75) is 25.7 Å². The molecule has 2 rings (SSSR count). The highest BCUT2D eigenvalue weighted by molar-refractivity contribution is 6.05. The van der Waals surface area contributed by atoms with Gasteiger partial charge in [-0.1, -0.05) is 42.5 Å². The minimum absolute atomic E-state index is 0.115. The third kappa shape index (κ3) is 5.34. The monoisotopic (exact) mass is 311 g/mol. The normalized spacial score (nSPS) is 10.3. The molecule has 0 unspecified atom stereocenters. The van der Waals surface area contributed by atoms with E-state index in [1.165, 1.54) is 5.56 Å². The summed E-state index contributed by atoms with van der Waals surface area (Å²) in [6, 6.07) is 16.9. The second kappa shape index (κ2) is 8.86. The standard InChI is InChI=1S/C19H21NO3/c21-14-18(22)16-11-5-6-12-17(16)20-19(23)13-7-4-10-15-8-2-1-3-9-15/h1-3,5-6,8-9,11-12,21H,4,7,10,13-14H2,(H,20,23). The molecule has 0 aliphatic carbocycles. The van der Waals surface area contributed by atoms with Gasteiger partial charge in [-0.25, -0.2) is 0 Å². The first-order valence-electron chi connectivity index (χ1n) is 7.77. The van der Waals surface area contributed by atoms with Gasteiger partial charge in [-0.3, -0.25) is 9.59 Å². The molecule has 0 saturated carbocycles. The number of unbranched alkanes of at least 4 members (excludes halogenated alkanes) is 1. The molecule has 0 aliphatic rings. The van der Waals surface area contributed by atoms with Gasteiger partial charge in [0, 0.05) is 12.0 Å². The summed E-state index contributed by atoms with van der Waals surface area (Å²) >= 11 is 0. The molecule has 0 radical (unpaired) electrons. The highest BCUT2D eigenvalue weighted by Gasteiger charge is 2.11. The molecule has 0 aromatic heterocycles. The first-order chi connectivity index (χ1) is 11.2. The number of anilines is 1. The number of para-hydroxylation sites is 1. The summed E-state index contributed by atoms with van der Waals surface area (Å²) in [6.07, 6.45) is 3.09. The number of Topliss-reactive ketones (excluding diaryl/α,β-unsaturated/α-hetero) is 1. The average molecular weight is 311 g/mol. The van der Waals surface area contributed by atoms with Crippen molar-refractivity contribution in [2.75, 3.05) is 11.9 Å². The van der Waals surface area contributed by atoms with Gasteiger partial charge in [-0.05, 0) is 37.0 Å². The van der Waals surface area contributed by atoms with E-state index in [4.69, 9.17) is 5.11 Å². The van der Waals surface area contributed by atoms with Crippen molar-refractivity contribution in [1.29, 1.82) is 0 Å². The first-order valence-corrected chi connectivity index (χ1v) is 7.77. The molecule has 2 N–H and O–H groups in total. The van der Waals surface area contributed by atoms with Crippen LogP contribution in [0.2, 0.25) is 0 Å². The second-order valence-electron chi connectivity index (χ2n) is 5.37. The maximum absolute atomic E-state index is 12.0. The molecule has 120 valence electrons. The smallest absolute Gasteiger partial charge is 0.224 e. The Bertz CT molecular complexity index is 653. The molecule has 0 heterocycles. The van der Waals surface area contributed by atoms with Crippen molar-refractivity contribution >= 4 is 17.4 Å². The quantitative estimate of drug-likeness (QED) is 0.581. The zero-order valence-electron chi connectivity index (χ0n) is 13.0. The Morgan fingerprint density at radius 3 is 2.35 bits per heavy atom. The van der Waals surface area contributed by atoms with Crippen LogP contribution < -0.4 is 5.32 Å². The Morgan fingerprint density at radius 2 is 1.61 bits per heavy atom. The van der Waals surface area contributed by atoms with Gasteiger partial charge < -0.3 is 10.4 Å². The molecule has 0 fully saturated rings. The lowest BCUT2D eigenvalue weighted by molar-refractivity contribution is -0.116. The summed E-state index contributed by atoms with van der Waals surface area (Å²) in [5.41, 5.74) is 2.07. The molecule has 0 bridgehead atoms. The predicted molar refractivity (Wildman–Crippen MR) is 90.5 cm³/mol. The van der Waals surface area contributed by atoms with E-state index in [2.05, 4.69) is 17.4 Å². The summed E-state index contributed by atoms with van der Waals surface area (Å²) in [5, 5.41) is 11.7. The number of benzene rings is 2. The fraction of sp³-hybridized carbons (Fsp3) is 0.263. The molecule has 0 atom stereocenters. The van der Waals surface area contributed by atoms with Crippen molar-refractivity contribution < 1.29 is 14.7 Å². The van der Waals surface area contributed by atoms with E-state index in [1.807, 2.05) is 18.2 Å². The van der Waals surface area contributed by atoms with E-state index in [0.29, 0.717) is 17.7 Å². The Kier molecular flexibility index (Phi) is 6.51. The summed E-state index contributed by atoms with van der Waals surface area (Å²) in [6.45, 7) is -0.566. The number of nitrogens with one attached hydrogen (secondary N) is 1. The number of carbonyl (C=O) groups is 2. The largest absolute Gasteiger partial charge is 0.388 e. The van der Waals surface area contributed by atoms with Gasteiger partial charge in [-0.2, -0.15) is 0 Å². The van der Waals surface area contributed by atoms with Crippen LogP contribution in [0.25, 0.3) is 0 Å². The molecule has 2 aromatic rings. The molecule has 0 aliphatic heterocycles. The Labute approximate surface area is 136 Å². The lowest BCUT2D eigenvalue weighted by Gasteiger charge is -2.09. The summed E-state index contributed by atoms with van der Waals surface area (Å²) in [4.78, 5) is 23.6. The fourth-order valence-electron chi connectivity index (χ4n) is 2.39. The van der Waals surface area contributed by atoms with E-state index < -0.39 is 12.4 Å².